The molecule has 0 unspecified atom stereocenters. The van der Waals surface area contributed by atoms with Gasteiger partial charge in [0.05, 0.1) is 19.3 Å². The highest BCUT2D eigenvalue weighted by Crippen LogP contribution is 2.26. The van der Waals surface area contributed by atoms with Gasteiger partial charge in [0, 0.05) is 6.42 Å². The molecule has 1 aromatic carbocycles. The van der Waals surface area contributed by atoms with Gasteiger partial charge in [0.2, 0.25) is 6.29 Å². The van der Waals surface area contributed by atoms with Crippen LogP contribution in [0.3, 0.4) is 0 Å². The second kappa shape index (κ2) is 7.55. The third kappa shape index (κ3) is 3.75. The molecule has 7 heteroatoms. The number of ether oxygens (including phenoxy) is 3. The van der Waals surface area contributed by atoms with Gasteiger partial charge >= 0.3 is 5.97 Å². The third-order valence-electron chi connectivity index (χ3n) is 3.36. The van der Waals surface area contributed by atoms with E-state index in [1.54, 1.807) is 31.2 Å². The summed E-state index contributed by atoms with van der Waals surface area (Å²) in [6, 6.07) is 6.51. The summed E-state index contributed by atoms with van der Waals surface area (Å²) in [5, 5.41) is 28.6. The minimum absolute atomic E-state index is 0.0226. The van der Waals surface area contributed by atoms with Gasteiger partial charge in [-0.1, -0.05) is 12.1 Å². The number of aliphatic hydroxyl groups is 3. The van der Waals surface area contributed by atoms with E-state index in [0.717, 1.165) is 0 Å². The van der Waals surface area contributed by atoms with Gasteiger partial charge in [-0.15, -0.1) is 0 Å². The Hall–Kier alpha value is -1.67. The van der Waals surface area contributed by atoms with Gasteiger partial charge in [-0.05, 0) is 19.1 Å². The van der Waals surface area contributed by atoms with Gasteiger partial charge in [-0.3, -0.25) is 0 Å². The van der Waals surface area contributed by atoms with Crippen molar-refractivity contribution < 1.29 is 34.3 Å². The first kappa shape index (κ1) is 16.7. The smallest absolute Gasteiger partial charge is 0.341 e. The summed E-state index contributed by atoms with van der Waals surface area (Å²) < 4.78 is 15.9. The Morgan fingerprint density at radius 2 is 2.09 bits per heavy atom. The lowest BCUT2D eigenvalue weighted by molar-refractivity contribution is -0.230. The number of carbonyl (C=O) groups excluding carboxylic acids is 1. The van der Waals surface area contributed by atoms with Gasteiger partial charge in [-0.2, -0.15) is 0 Å². The highest BCUT2D eigenvalue weighted by Gasteiger charge is 2.37. The highest BCUT2D eigenvalue weighted by atomic mass is 16.7. The zero-order valence-corrected chi connectivity index (χ0v) is 12.2. The van der Waals surface area contributed by atoms with Gasteiger partial charge in [-0.25, -0.2) is 4.79 Å². The predicted molar refractivity (Wildman–Crippen MR) is 75.4 cm³/mol. The van der Waals surface area contributed by atoms with E-state index in [9.17, 15) is 15.0 Å². The molecule has 2 rings (SSSR count). The number of aliphatic hydroxyl groups excluding tert-OH is 3. The minimum Gasteiger partial charge on any atom is -0.464 e. The zero-order chi connectivity index (χ0) is 16.1. The Balaban J connectivity index is 2.12. The molecule has 0 saturated carbocycles. The predicted octanol–water partition coefficient (Wildman–Crippen LogP) is 0.0712. The van der Waals surface area contributed by atoms with Crippen molar-refractivity contribution in [2.24, 2.45) is 0 Å². The summed E-state index contributed by atoms with van der Waals surface area (Å²) in [6.45, 7) is 1.50. The molecule has 1 heterocycles. The van der Waals surface area contributed by atoms with Gasteiger partial charge in [0.1, 0.15) is 23.5 Å². The van der Waals surface area contributed by atoms with Gasteiger partial charge in [0.25, 0.3) is 0 Å². The number of esters is 1. The van der Waals surface area contributed by atoms with Crippen molar-refractivity contribution in [3.05, 3.63) is 29.8 Å². The van der Waals surface area contributed by atoms with E-state index in [0.29, 0.717) is 0 Å². The number of hydrogen-bond acceptors (Lipinski definition) is 7. The Morgan fingerprint density at radius 3 is 2.77 bits per heavy atom. The fourth-order valence-electron chi connectivity index (χ4n) is 2.23. The summed E-state index contributed by atoms with van der Waals surface area (Å²) in [5.74, 6) is -0.264. The van der Waals surface area contributed by atoms with Crippen LogP contribution >= 0.6 is 0 Å². The lowest BCUT2D eigenvalue weighted by Crippen LogP contribution is -2.51. The topological polar surface area (TPSA) is 105 Å². The monoisotopic (exact) mass is 312 g/mol. The van der Waals surface area contributed by atoms with Gasteiger partial charge in [0.15, 0.2) is 0 Å². The Kier molecular flexibility index (Phi) is 5.73. The van der Waals surface area contributed by atoms with Crippen LogP contribution in [0.1, 0.15) is 23.7 Å². The van der Waals surface area contributed by atoms with Crippen molar-refractivity contribution in [2.45, 2.75) is 37.9 Å². The molecule has 1 saturated heterocycles. The SMILES string of the molecule is CCOC(=O)c1ccccc1O[C@H]1C[C@@H](O)[C@@H](O)[C@@H](CO)O1. The van der Waals surface area contributed by atoms with Crippen LogP contribution in [0.5, 0.6) is 5.75 Å². The summed E-state index contributed by atoms with van der Waals surface area (Å²) in [5.41, 5.74) is 0.245. The van der Waals surface area contributed by atoms with E-state index in [4.69, 9.17) is 19.3 Å². The maximum atomic E-state index is 11.9. The normalized spacial score (nSPS) is 28.2. The first-order valence-electron chi connectivity index (χ1n) is 7.12. The van der Waals surface area contributed by atoms with E-state index in [1.807, 2.05) is 0 Å². The third-order valence-corrected chi connectivity index (χ3v) is 3.36. The molecule has 0 radical (unpaired) electrons. The quantitative estimate of drug-likeness (QED) is 0.661. The number of benzene rings is 1. The van der Waals surface area contributed by atoms with Crippen LogP contribution in [0.4, 0.5) is 0 Å². The van der Waals surface area contributed by atoms with E-state index in [1.165, 1.54) is 0 Å². The van der Waals surface area contributed by atoms with E-state index in [-0.39, 0.29) is 24.3 Å². The molecule has 0 bridgehead atoms. The van der Waals surface area contributed by atoms with Crippen LogP contribution in [0.25, 0.3) is 0 Å². The number of carbonyl (C=O) groups is 1. The molecule has 0 amide bonds. The van der Waals surface area contributed by atoms with Crippen molar-refractivity contribution in [1.29, 1.82) is 0 Å². The molecule has 7 nitrogen and oxygen atoms in total. The molecule has 3 N–H and O–H groups in total. The Bertz CT molecular complexity index is 504. The zero-order valence-electron chi connectivity index (χ0n) is 12.2. The fourth-order valence-corrected chi connectivity index (χ4v) is 2.23. The van der Waals surface area contributed by atoms with Crippen LogP contribution in [0, 0.1) is 0 Å². The Morgan fingerprint density at radius 1 is 1.36 bits per heavy atom. The molecule has 122 valence electrons. The number of hydrogen-bond donors (Lipinski definition) is 3. The molecular formula is C15H20O7. The highest BCUT2D eigenvalue weighted by molar-refractivity contribution is 5.92. The van der Waals surface area contributed by atoms with E-state index < -0.39 is 37.2 Å². The fraction of sp³-hybridized carbons (Fsp3) is 0.533. The lowest BCUT2D eigenvalue weighted by Gasteiger charge is -2.36. The molecule has 1 aromatic rings. The standard InChI is InChI=1S/C15H20O7/c1-2-20-15(19)9-5-3-4-6-11(9)21-13-7-10(17)14(18)12(8-16)22-13/h3-6,10,12-14,16-18H,2,7-8H2,1H3/t10-,12-,13-,14-/m1/s1. The average Bonchev–Trinajstić information content (AvgIpc) is 2.51. The first-order chi connectivity index (χ1) is 10.6. The second-order valence-electron chi connectivity index (χ2n) is 4.91. The molecular weight excluding hydrogens is 292 g/mol. The molecule has 0 aliphatic carbocycles. The molecule has 1 aliphatic rings. The van der Waals surface area contributed by atoms with Crippen LogP contribution in [0.15, 0.2) is 24.3 Å². The van der Waals surface area contributed by atoms with E-state index >= 15 is 0 Å². The molecule has 1 aliphatic heterocycles. The summed E-state index contributed by atoms with van der Waals surface area (Å²) in [4.78, 5) is 11.9. The van der Waals surface area contributed by atoms with Crippen LogP contribution in [0.2, 0.25) is 0 Å². The largest absolute Gasteiger partial charge is 0.464 e. The maximum absolute atomic E-state index is 11.9. The summed E-state index contributed by atoms with van der Waals surface area (Å²) in [6.07, 6.45) is -4.06. The average molecular weight is 312 g/mol. The van der Waals surface area contributed by atoms with Crippen LogP contribution in [-0.4, -0.2) is 59.1 Å². The lowest BCUT2D eigenvalue weighted by atomic mass is 10.0. The Labute approximate surface area is 128 Å². The van der Waals surface area contributed by atoms with Crippen molar-refractivity contribution in [1.82, 2.24) is 0 Å². The number of para-hydroxylation sites is 1. The second-order valence-corrected chi connectivity index (χ2v) is 4.91. The minimum atomic E-state index is -1.18. The maximum Gasteiger partial charge on any atom is 0.341 e. The van der Waals surface area contributed by atoms with E-state index in [2.05, 4.69) is 0 Å². The van der Waals surface area contributed by atoms with Crippen molar-refractivity contribution >= 4 is 5.97 Å². The first-order valence-corrected chi connectivity index (χ1v) is 7.12. The molecule has 4 atom stereocenters. The summed E-state index contributed by atoms with van der Waals surface area (Å²) in [7, 11) is 0. The molecule has 22 heavy (non-hydrogen) atoms. The summed E-state index contributed by atoms with van der Waals surface area (Å²) >= 11 is 0. The molecule has 0 spiro atoms. The molecule has 1 fully saturated rings. The molecule has 0 aromatic heterocycles. The van der Waals surface area contributed by atoms with Crippen molar-refractivity contribution in [3.63, 3.8) is 0 Å². The van der Waals surface area contributed by atoms with Crippen LogP contribution < -0.4 is 4.74 Å². The van der Waals surface area contributed by atoms with Crippen molar-refractivity contribution in [3.8, 4) is 5.75 Å². The van der Waals surface area contributed by atoms with Gasteiger partial charge < -0.3 is 29.5 Å². The number of rotatable bonds is 5. The van der Waals surface area contributed by atoms with Crippen LogP contribution in [-0.2, 0) is 9.47 Å². The van der Waals surface area contributed by atoms with Crippen molar-refractivity contribution in [2.75, 3.05) is 13.2 Å².